The number of amides is 1. The lowest BCUT2D eigenvalue weighted by Crippen LogP contribution is -2.36. The van der Waals surface area contributed by atoms with E-state index in [4.69, 9.17) is 11.6 Å². The van der Waals surface area contributed by atoms with Gasteiger partial charge in [-0.3, -0.25) is 19.3 Å². The first-order valence-corrected chi connectivity index (χ1v) is 19.0. The van der Waals surface area contributed by atoms with Crippen molar-refractivity contribution in [2.24, 2.45) is 5.92 Å². The Morgan fingerprint density at radius 1 is 1.11 bits per heavy atom. The minimum atomic E-state index is -5.16. The second kappa shape index (κ2) is 13.8. The maximum atomic E-state index is 15.5. The van der Waals surface area contributed by atoms with Gasteiger partial charge in [0.2, 0.25) is 15.9 Å². The van der Waals surface area contributed by atoms with Crippen LogP contribution in [0.2, 0.25) is 5.02 Å². The quantitative estimate of drug-likeness (QED) is 0.102. The summed E-state index contributed by atoms with van der Waals surface area (Å²) in [6.07, 6.45) is -4.69. The van der Waals surface area contributed by atoms with Gasteiger partial charge in [0.15, 0.2) is 11.5 Å². The highest BCUT2D eigenvalue weighted by atomic mass is 35.5. The van der Waals surface area contributed by atoms with Gasteiger partial charge in [0, 0.05) is 22.8 Å². The Morgan fingerprint density at radius 3 is 2.40 bits per heavy atom. The molecule has 0 unspecified atom stereocenters. The van der Waals surface area contributed by atoms with E-state index in [1.165, 1.54) is 38.1 Å². The first-order chi connectivity index (χ1) is 26.5. The van der Waals surface area contributed by atoms with Crippen molar-refractivity contribution in [1.29, 1.82) is 0 Å². The number of anilines is 1. The van der Waals surface area contributed by atoms with E-state index < -0.39 is 93.1 Å². The van der Waals surface area contributed by atoms with Crippen molar-refractivity contribution in [1.82, 2.24) is 30.3 Å². The van der Waals surface area contributed by atoms with Crippen LogP contribution in [0.3, 0.4) is 0 Å². The zero-order chi connectivity index (χ0) is 41.4. The van der Waals surface area contributed by atoms with Crippen LogP contribution in [0.15, 0.2) is 42.5 Å². The molecular weight excluding hydrogens is 807 g/mol. The van der Waals surface area contributed by atoms with Crippen molar-refractivity contribution in [2.75, 3.05) is 11.0 Å². The molecule has 0 saturated carbocycles. The summed E-state index contributed by atoms with van der Waals surface area (Å²) in [4.78, 5) is 18.5. The van der Waals surface area contributed by atoms with Crippen LogP contribution in [0.5, 0.6) is 0 Å². The van der Waals surface area contributed by atoms with Crippen LogP contribution in [0.1, 0.15) is 59.7 Å². The molecule has 2 aromatic carbocycles. The van der Waals surface area contributed by atoms with Crippen molar-refractivity contribution < 1.29 is 49.1 Å². The number of pyridine rings is 1. The second-order valence-electron chi connectivity index (χ2n) is 14.0. The SMILES string of the molecule is CC(C)(O)C#Cc1ccc(-c2ccc(Cl)c3c(NS(C)(=O)=O)n[nH]c23)c([C@H](Cc2cc(F)cc(F)c2)NC(=O)Cn2nc(C(F)(F)F)c3c2C(F)(F)[C@@H]2C#C[C@H]32)n1. The van der Waals surface area contributed by atoms with E-state index in [0.717, 1.165) is 18.4 Å². The highest BCUT2D eigenvalue weighted by Gasteiger charge is 2.62. The third-order valence-corrected chi connectivity index (χ3v) is 9.87. The van der Waals surface area contributed by atoms with Crippen LogP contribution in [0.4, 0.5) is 36.6 Å². The summed E-state index contributed by atoms with van der Waals surface area (Å²) >= 11 is 6.48. The molecule has 11 nitrogen and oxygen atoms in total. The molecule has 0 saturated heterocycles. The van der Waals surface area contributed by atoms with E-state index >= 15 is 8.78 Å². The van der Waals surface area contributed by atoms with Gasteiger partial charge in [0.1, 0.15) is 41.1 Å². The van der Waals surface area contributed by atoms with E-state index in [2.05, 4.69) is 54.0 Å². The molecule has 2 aliphatic carbocycles. The Morgan fingerprint density at radius 2 is 1.79 bits per heavy atom. The molecule has 57 heavy (non-hydrogen) atoms. The lowest BCUT2D eigenvalue weighted by molar-refractivity contribution is -0.142. The van der Waals surface area contributed by atoms with E-state index in [0.29, 0.717) is 6.07 Å². The van der Waals surface area contributed by atoms with Crippen molar-refractivity contribution in [3.63, 3.8) is 0 Å². The summed E-state index contributed by atoms with van der Waals surface area (Å²) in [7, 11) is -3.85. The van der Waals surface area contributed by atoms with Crippen LogP contribution in [0, 0.1) is 41.2 Å². The molecule has 2 aliphatic rings. The van der Waals surface area contributed by atoms with Crippen molar-refractivity contribution >= 4 is 44.3 Å². The molecule has 0 aliphatic heterocycles. The molecule has 7 rings (SSSR count). The molecule has 0 fully saturated rings. The summed E-state index contributed by atoms with van der Waals surface area (Å²) in [6.45, 7) is 1.65. The summed E-state index contributed by atoms with van der Waals surface area (Å²) in [5, 5.41) is 23.2. The predicted octanol–water partition coefficient (Wildman–Crippen LogP) is 6.19. The minimum absolute atomic E-state index is 0.0182. The first-order valence-electron chi connectivity index (χ1n) is 16.7. The maximum Gasteiger partial charge on any atom is 0.435 e. The summed E-state index contributed by atoms with van der Waals surface area (Å²) in [5.41, 5.74) is -4.50. The third-order valence-electron chi connectivity index (χ3n) is 8.99. The highest BCUT2D eigenvalue weighted by Crippen LogP contribution is 2.58. The molecule has 1 amide bonds. The number of hydrogen-bond acceptors (Lipinski definition) is 7. The number of benzene rings is 2. The topological polar surface area (TPSA) is 155 Å². The molecule has 4 N–H and O–H groups in total. The normalized spacial score (nSPS) is 17.4. The van der Waals surface area contributed by atoms with Gasteiger partial charge in [0.25, 0.3) is 0 Å². The molecule has 0 bridgehead atoms. The fourth-order valence-corrected chi connectivity index (χ4v) is 7.51. The van der Waals surface area contributed by atoms with Crippen LogP contribution in [0.25, 0.3) is 22.0 Å². The van der Waals surface area contributed by atoms with Gasteiger partial charge in [-0.15, -0.1) is 0 Å². The van der Waals surface area contributed by atoms with Crippen LogP contribution < -0.4 is 10.0 Å². The lowest BCUT2D eigenvalue weighted by Gasteiger charge is -2.24. The van der Waals surface area contributed by atoms with E-state index in [9.17, 15) is 40.3 Å². The zero-order valence-corrected chi connectivity index (χ0v) is 31.2. The number of carbonyl (C=O) groups is 1. The Hall–Kier alpha value is -5.63. The third kappa shape index (κ3) is 7.74. The van der Waals surface area contributed by atoms with E-state index in [-0.39, 0.29) is 54.5 Å². The summed E-state index contributed by atoms with van der Waals surface area (Å²) in [6, 6.07) is 6.95. The van der Waals surface area contributed by atoms with Gasteiger partial charge in [-0.1, -0.05) is 35.4 Å². The average Bonchev–Trinajstić information content (AvgIpc) is 3.68. The smallest absolute Gasteiger partial charge is 0.378 e. The highest BCUT2D eigenvalue weighted by molar-refractivity contribution is 7.92. The van der Waals surface area contributed by atoms with E-state index in [1.54, 1.807) is 0 Å². The molecule has 0 radical (unpaired) electrons. The van der Waals surface area contributed by atoms with Crippen LogP contribution in [-0.4, -0.2) is 56.3 Å². The van der Waals surface area contributed by atoms with Crippen molar-refractivity contribution in [2.45, 2.75) is 56.5 Å². The van der Waals surface area contributed by atoms with Crippen molar-refractivity contribution in [3.05, 3.63) is 93.0 Å². The average molecular weight is 834 g/mol. The number of fused-ring (bicyclic) bond motifs is 4. The van der Waals surface area contributed by atoms with Crippen molar-refractivity contribution in [3.8, 4) is 34.8 Å². The van der Waals surface area contributed by atoms with Gasteiger partial charge in [0.05, 0.1) is 39.8 Å². The molecule has 5 aromatic rings. The number of H-pyrrole nitrogens is 1. The molecule has 0 spiro atoms. The first kappa shape index (κ1) is 39.6. The Balaban J connectivity index is 1.38. The maximum absolute atomic E-state index is 15.5. The number of alkyl halides is 5. The molecule has 3 heterocycles. The number of aromatic amines is 1. The number of aliphatic hydroxyl groups is 1. The van der Waals surface area contributed by atoms with Gasteiger partial charge in [-0.25, -0.2) is 22.2 Å². The second-order valence-corrected chi connectivity index (χ2v) is 16.1. The molecule has 20 heteroatoms. The summed E-state index contributed by atoms with van der Waals surface area (Å²) in [5.74, 6) is -0.496. The Bertz CT molecular complexity index is 2720. The number of halogens is 8. The van der Waals surface area contributed by atoms with Gasteiger partial charge in [-0.05, 0) is 62.1 Å². The van der Waals surface area contributed by atoms with E-state index in [1.807, 2.05) is 0 Å². The molecule has 3 atom stereocenters. The number of nitrogens with zero attached hydrogens (tertiary/aromatic N) is 4. The number of carbonyl (C=O) groups excluding carboxylic acids is 1. The minimum Gasteiger partial charge on any atom is -0.378 e. The largest absolute Gasteiger partial charge is 0.435 e. The van der Waals surface area contributed by atoms with Crippen LogP contribution >= 0.6 is 11.6 Å². The van der Waals surface area contributed by atoms with Gasteiger partial charge >= 0.3 is 12.1 Å². The fraction of sp³-hybridized carbons (Fsp3) is 0.297. The molecule has 3 aromatic heterocycles. The fourth-order valence-electron chi connectivity index (χ4n) is 6.76. The lowest BCUT2D eigenvalue weighted by atomic mass is 9.84. The number of rotatable bonds is 9. The van der Waals surface area contributed by atoms with Crippen LogP contribution in [-0.2, 0) is 39.9 Å². The Kier molecular flexibility index (Phi) is 9.58. The monoisotopic (exact) mass is 833 g/mol. The standard InChI is InChI=1S/C37H27ClF7N7O4S/c1-35(2,54)11-10-20-4-5-21(22-7-9-25(38)29-31(22)48-49-34(29)51-57(3,55)56)30(46-20)26(14-17-12-18(39)15-19(40)13-17)47-27(53)16-52-33-28(32(50-52)37(43,44)45)23-6-8-24(23)36(33,41)42/h4-5,7,9,12-13,15,23-24,26,54H,14,16H2,1-3H3,(H,47,53)(H2,48,49,51)/t23-,24+,26-/m0/s1. The van der Waals surface area contributed by atoms with Gasteiger partial charge < -0.3 is 10.4 Å². The summed E-state index contributed by atoms with van der Waals surface area (Å²) < 4.78 is 129. The Labute approximate surface area is 324 Å². The zero-order valence-electron chi connectivity index (χ0n) is 29.6. The number of nitrogens with one attached hydrogen (secondary N) is 3. The molecule has 296 valence electrons. The molecular formula is C37H27ClF7N7O4S. The number of sulfonamides is 1. The van der Waals surface area contributed by atoms with Gasteiger partial charge in [-0.2, -0.15) is 32.1 Å². The predicted molar refractivity (Wildman–Crippen MR) is 192 cm³/mol. The number of hydrogen-bond donors (Lipinski definition) is 4. The number of aromatic nitrogens is 5.